The number of nitrogens with zero attached hydrogens (tertiary/aromatic N) is 4. The molecule has 3 aromatic rings. The summed E-state index contributed by atoms with van der Waals surface area (Å²) in [4.78, 5) is 12.6. The Morgan fingerprint density at radius 1 is 1.27 bits per heavy atom. The molecule has 0 radical (unpaired) electrons. The Balaban J connectivity index is 1.78. The minimum Gasteiger partial charge on any atom is -0.317 e. The van der Waals surface area contributed by atoms with E-state index >= 15 is 0 Å². The van der Waals surface area contributed by atoms with Crippen LogP contribution in [0.4, 0.5) is 5.13 Å². The molecule has 3 rings (SSSR count). The number of aryl methyl sites for hydroxylation is 1. The van der Waals surface area contributed by atoms with Crippen LogP contribution in [0.2, 0.25) is 0 Å². The molecule has 1 N–H and O–H groups in total. The number of unbranched alkanes of at least 4 members (excludes halogenated alkanes) is 1. The summed E-state index contributed by atoms with van der Waals surface area (Å²) < 4.78 is 1.95. The van der Waals surface area contributed by atoms with Crippen molar-refractivity contribution in [3.05, 3.63) is 64.4 Å². The van der Waals surface area contributed by atoms with Gasteiger partial charge in [0.05, 0.1) is 0 Å². The summed E-state index contributed by atoms with van der Waals surface area (Å²) in [5, 5.41) is 21.6. The first-order valence-electron chi connectivity index (χ1n) is 10.0. The van der Waals surface area contributed by atoms with Crippen LogP contribution in [0.1, 0.15) is 55.8 Å². The molecule has 154 valence electrons. The van der Waals surface area contributed by atoms with E-state index in [4.69, 9.17) is 0 Å². The van der Waals surface area contributed by atoms with Crippen molar-refractivity contribution in [2.45, 2.75) is 46.0 Å². The molecule has 0 atom stereocenters. The molecule has 1 amide bonds. The molecule has 2 aromatic heterocycles. The highest BCUT2D eigenvalue weighted by Gasteiger charge is 2.14. The molecule has 0 aliphatic heterocycles. The van der Waals surface area contributed by atoms with E-state index < -0.39 is 5.91 Å². The van der Waals surface area contributed by atoms with Crippen LogP contribution in [0, 0.1) is 11.3 Å². The van der Waals surface area contributed by atoms with Crippen LogP contribution in [-0.4, -0.2) is 20.7 Å². The lowest BCUT2D eigenvalue weighted by atomic mass is 10.0. The number of anilines is 1. The van der Waals surface area contributed by atoms with Gasteiger partial charge in [-0.2, -0.15) is 5.26 Å². The van der Waals surface area contributed by atoms with E-state index in [0.717, 1.165) is 35.7 Å². The predicted molar refractivity (Wildman–Crippen MR) is 121 cm³/mol. The zero-order valence-electron chi connectivity index (χ0n) is 17.4. The highest BCUT2D eigenvalue weighted by atomic mass is 32.1. The third-order valence-corrected chi connectivity index (χ3v) is 5.61. The third-order valence-electron chi connectivity index (χ3n) is 4.71. The molecular weight excluding hydrogens is 394 g/mol. The van der Waals surface area contributed by atoms with E-state index in [1.165, 1.54) is 16.9 Å². The molecule has 2 heterocycles. The predicted octanol–water partition coefficient (Wildman–Crippen LogP) is 5.34. The minimum absolute atomic E-state index is 0.0130. The van der Waals surface area contributed by atoms with Gasteiger partial charge in [-0.3, -0.25) is 10.1 Å². The molecular formula is C23H25N5OS. The Kier molecular flexibility index (Phi) is 7.15. The van der Waals surface area contributed by atoms with Gasteiger partial charge in [-0.15, -0.1) is 10.2 Å². The molecule has 30 heavy (non-hydrogen) atoms. The fraction of sp³-hybridized carbons (Fsp3) is 0.304. The maximum absolute atomic E-state index is 12.6. The van der Waals surface area contributed by atoms with Crippen molar-refractivity contribution in [1.29, 1.82) is 5.26 Å². The van der Waals surface area contributed by atoms with Gasteiger partial charge in [-0.05, 0) is 48.2 Å². The zero-order chi connectivity index (χ0) is 21.5. The number of hydrogen-bond acceptors (Lipinski definition) is 5. The van der Waals surface area contributed by atoms with Crippen LogP contribution in [0.15, 0.2) is 48.2 Å². The largest absolute Gasteiger partial charge is 0.317 e. The van der Waals surface area contributed by atoms with Gasteiger partial charge >= 0.3 is 0 Å². The second-order valence-corrected chi connectivity index (χ2v) is 8.34. The second kappa shape index (κ2) is 9.99. The van der Waals surface area contributed by atoms with Crippen LogP contribution in [0.5, 0.6) is 0 Å². The van der Waals surface area contributed by atoms with Gasteiger partial charge in [0, 0.05) is 24.0 Å². The summed E-state index contributed by atoms with van der Waals surface area (Å²) in [6.45, 7) is 6.42. The molecule has 0 fully saturated rings. The van der Waals surface area contributed by atoms with E-state index in [9.17, 15) is 10.1 Å². The first-order chi connectivity index (χ1) is 14.5. The maximum Gasteiger partial charge on any atom is 0.268 e. The van der Waals surface area contributed by atoms with Crippen molar-refractivity contribution < 1.29 is 4.79 Å². The Bertz CT molecular complexity index is 1070. The number of nitriles is 1. The number of hydrogen-bond donors (Lipinski definition) is 1. The molecule has 0 saturated heterocycles. The summed E-state index contributed by atoms with van der Waals surface area (Å²) in [6.07, 6.45) is 6.44. The number of aromatic nitrogens is 3. The number of nitrogens with one attached hydrogen (secondary N) is 1. The van der Waals surface area contributed by atoms with Gasteiger partial charge < -0.3 is 4.57 Å². The number of carbonyl (C=O) groups excluding carboxylic acids is 1. The normalized spacial score (nSPS) is 11.5. The van der Waals surface area contributed by atoms with Crippen molar-refractivity contribution >= 4 is 28.5 Å². The van der Waals surface area contributed by atoms with Gasteiger partial charge in [0.1, 0.15) is 16.6 Å². The number of carbonyl (C=O) groups is 1. The van der Waals surface area contributed by atoms with Crippen molar-refractivity contribution in [1.82, 2.24) is 14.8 Å². The third kappa shape index (κ3) is 5.22. The molecule has 7 heteroatoms. The van der Waals surface area contributed by atoms with Crippen LogP contribution in [-0.2, 0) is 11.2 Å². The number of amides is 1. The van der Waals surface area contributed by atoms with Crippen LogP contribution in [0.25, 0.3) is 11.8 Å². The lowest BCUT2D eigenvalue weighted by Crippen LogP contribution is -2.13. The molecule has 0 unspecified atom stereocenters. The summed E-state index contributed by atoms with van der Waals surface area (Å²) in [5.74, 6) is -0.0293. The summed E-state index contributed by atoms with van der Waals surface area (Å²) in [5.41, 5.74) is 2.99. The Hall–Kier alpha value is -3.24. The average Bonchev–Trinajstić information content (AvgIpc) is 3.39. The van der Waals surface area contributed by atoms with Gasteiger partial charge in [0.2, 0.25) is 5.13 Å². The lowest BCUT2D eigenvalue weighted by molar-refractivity contribution is -0.112. The SMILES string of the molecule is CCCCc1nnc(NC(=O)/C(C#N)=C\c2cccn2-c2ccc(C(C)C)cc2)s1. The summed E-state index contributed by atoms with van der Waals surface area (Å²) in [7, 11) is 0. The zero-order valence-corrected chi connectivity index (χ0v) is 18.2. The topological polar surface area (TPSA) is 83.6 Å². The van der Waals surface area contributed by atoms with Gasteiger partial charge in [-0.25, -0.2) is 0 Å². The van der Waals surface area contributed by atoms with Crippen molar-refractivity contribution in [3.8, 4) is 11.8 Å². The molecule has 1 aromatic carbocycles. The highest BCUT2D eigenvalue weighted by molar-refractivity contribution is 7.15. The Morgan fingerprint density at radius 3 is 2.70 bits per heavy atom. The van der Waals surface area contributed by atoms with Gasteiger partial charge in [0.15, 0.2) is 0 Å². The summed E-state index contributed by atoms with van der Waals surface area (Å²) >= 11 is 1.34. The smallest absolute Gasteiger partial charge is 0.268 e. The molecule has 0 aliphatic carbocycles. The molecule has 0 bridgehead atoms. The van der Waals surface area contributed by atoms with Crippen molar-refractivity contribution in [2.75, 3.05) is 5.32 Å². The number of benzene rings is 1. The van der Waals surface area contributed by atoms with E-state index in [2.05, 4.69) is 48.4 Å². The van der Waals surface area contributed by atoms with Crippen molar-refractivity contribution in [3.63, 3.8) is 0 Å². The standard InChI is InChI=1S/C23H25N5OS/c1-4-5-8-21-26-27-23(30-21)25-22(29)18(15-24)14-20-7-6-13-28(20)19-11-9-17(10-12-19)16(2)3/h6-7,9-14,16H,4-5,8H2,1-3H3,(H,25,27,29)/b18-14-. The molecule has 0 spiro atoms. The second-order valence-electron chi connectivity index (χ2n) is 7.28. The average molecular weight is 420 g/mol. The summed E-state index contributed by atoms with van der Waals surface area (Å²) in [6, 6.07) is 14.0. The van der Waals surface area contributed by atoms with Crippen LogP contribution >= 0.6 is 11.3 Å². The monoisotopic (exact) mass is 419 g/mol. The number of rotatable bonds is 8. The van der Waals surface area contributed by atoms with Crippen LogP contribution < -0.4 is 5.32 Å². The quantitative estimate of drug-likeness (QED) is 0.394. The maximum atomic E-state index is 12.6. The minimum atomic E-state index is -0.487. The highest BCUT2D eigenvalue weighted by Crippen LogP contribution is 2.21. The first kappa shape index (κ1) is 21.5. The molecule has 0 aliphatic rings. The van der Waals surface area contributed by atoms with E-state index in [0.29, 0.717) is 11.0 Å². The van der Waals surface area contributed by atoms with E-state index in [-0.39, 0.29) is 5.57 Å². The van der Waals surface area contributed by atoms with Crippen molar-refractivity contribution in [2.24, 2.45) is 0 Å². The van der Waals surface area contributed by atoms with Gasteiger partial charge in [-0.1, -0.05) is 50.7 Å². The lowest BCUT2D eigenvalue weighted by Gasteiger charge is -2.10. The molecule has 0 saturated carbocycles. The fourth-order valence-electron chi connectivity index (χ4n) is 2.96. The van der Waals surface area contributed by atoms with Crippen LogP contribution in [0.3, 0.4) is 0 Å². The molecule has 6 nitrogen and oxygen atoms in total. The fourth-order valence-corrected chi connectivity index (χ4v) is 3.74. The van der Waals surface area contributed by atoms with E-state index in [1.807, 2.05) is 41.1 Å². The Morgan fingerprint density at radius 2 is 2.03 bits per heavy atom. The van der Waals surface area contributed by atoms with E-state index in [1.54, 1.807) is 6.08 Å². The van der Waals surface area contributed by atoms with Gasteiger partial charge in [0.25, 0.3) is 5.91 Å². The Labute approximate surface area is 180 Å². The first-order valence-corrected chi connectivity index (χ1v) is 10.9.